The highest BCUT2D eigenvalue weighted by molar-refractivity contribution is 9.10. The summed E-state index contributed by atoms with van der Waals surface area (Å²) in [5.41, 5.74) is 2.39. The van der Waals surface area contributed by atoms with Gasteiger partial charge in [-0.3, -0.25) is 4.99 Å². The molecule has 0 fully saturated rings. The molecule has 0 radical (unpaired) electrons. The maximum Gasteiger partial charge on any atom is 0.205 e. The molecule has 1 heterocycles. The van der Waals surface area contributed by atoms with Crippen molar-refractivity contribution in [1.82, 2.24) is 4.68 Å². The molecule has 3 aromatic rings. The van der Waals surface area contributed by atoms with Gasteiger partial charge in [0.2, 0.25) is 4.80 Å². The Balaban J connectivity index is 2.09. The van der Waals surface area contributed by atoms with E-state index in [1.54, 1.807) is 17.8 Å². The standard InChI is InChI=1S/C17H14BrN3O2S/c1-19-17-21(20-9-11-6-7-12(22)8-16(11)23)15(10-24-17)13-4-2-3-5-14(13)18/h2-10,22-23H,1H3/b19-17?,20-9+. The second-order valence-corrected chi connectivity index (χ2v) is 6.60. The van der Waals surface area contributed by atoms with Crippen molar-refractivity contribution in [2.24, 2.45) is 10.1 Å². The number of hydrogen-bond donors (Lipinski definition) is 2. The van der Waals surface area contributed by atoms with Crippen molar-refractivity contribution < 1.29 is 10.2 Å². The minimum Gasteiger partial charge on any atom is -0.508 e. The van der Waals surface area contributed by atoms with Gasteiger partial charge in [0, 0.05) is 34.1 Å². The lowest BCUT2D eigenvalue weighted by Crippen LogP contribution is -2.11. The van der Waals surface area contributed by atoms with Crippen molar-refractivity contribution in [3.05, 3.63) is 62.7 Å². The van der Waals surface area contributed by atoms with E-state index in [4.69, 9.17) is 0 Å². The molecular formula is C17H14BrN3O2S. The molecule has 3 rings (SSSR count). The second kappa shape index (κ2) is 7.02. The van der Waals surface area contributed by atoms with E-state index in [9.17, 15) is 10.2 Å². The molecule has 0 saturated heterocycles. The molecule has 0 spiro atoms. The molecule has 2 aromatic carbocycles. The van der Waals surface area contributed by atoms with Crippen LogP contribution in [0.1, 0.15) is 5.56 Å². The molecule has 24 heavy (non-hydrogen) atoms. The van der Waals surface area contributed by atoms with Crippen molar-refractivity contribution >= 4 is 33.5 Å². The van der Waals surface area contributed by atoms with Gasteiger partial charge in [-0.15, -0.1) is 11.3 Å². The number of thiazole rings is 1. The van der Waals surface area contributed by atoms with Gasteiger partial charge < -0.3 is 10.2 Å². The Morgan fingerprint density at radius 2 is 1.96 bits per heavy atom. The van der Waals surface area contributed by atoms with Crippen LogP contribution >= 0.6 is 27.3 Å². The molecule has 0 aliphatic heterocycles. The topological polar surface area (TPSA) is 70.1 Å². The van der Waals surface area contributed by atoms with Crippen molar-refractivity contribution in [2.75, 3.05) is 7.05 Å². The van der Waals surface area contributed by atoms with Crippen LogP contribution in [0.4, 0.5) is 0 Å². The molecule has 0 unspecified atom stereocenters. The van der Waals surface area contributed by atoms with Crippen LogP contribution < -0.4 is 4.80 Å². The van der Waals surface area contributed by atoms with Gasteiger partial charge in [-0.1, -0.05) is 34.1 Å². The number of aromatic nitrogens is 1. The fourth-order valence-electron chi connectivity index (χ4n) is 2.18. The van der Waals surface area contributed by atoms with E-state index in [0.717, 1.165) is 20.5 Å². The first-order valence-electron chi connectivity index (χ1n) is 7.04. The lowest BCUT2D eigenvalue weighted by atomic mass is 10.2. The zero-order valence-corrected chi connectivity index (χ0v) is 15.1. The first-order valence-corrected chi connectivity index (χ1v) is 8.72. The molecule has 0 atom stereocenters. The molecule has 0 aliphatic carbocycles. The number of nitrogens with zero attached hydrogens (tertiary/aromatic N) is 3. The molecule has 7 heteroatoms. The quantitative estimate of drug-likeness (QED) is 0.652. The van der Waals surface area contributed by atoms with Crippen LogP contribution in [0.5, 0.6) is 11.5 Å². The average Bonchev–Trinajstić information content (AvgIpc) is 2.97. The Hall–Kier alpha value is -2.38. The molecule has 1 aromatic heterocycles. The van der Waals surface area contributed by atoms with Gasteiger partial charge in [0.25, 0.3) is 0 Å². The van der Waals surface area contributed by atoms with Crippen molar-refractivity contribution in [2.45, 2.75) is 0 Å². The summed E-state index contributed by atoms with van der Waals surface area (Å²) >= 11 is 5.04. The van der Waals surface area contributed by atoms with E-state index >= 15 is 0 Å². The molecule has 0 aliphatic rings. The minimum atomic E-state index is -0.0352. The number of hydrogen-bond acceptors (Lipinski definition) is 5. The highest BCUT2D eigenvalue weighted by Crippen LogP contribution is 2.28. The summed E-state index contributed by atoms with van der Waals surface area (Å²) in [6.07, 6.45) is 1.54. The second-order valence-electron chi connectivity index (χ2n) is 4.91. The molecule has 0 saturated carbocycles. The number of benzene rings is 2. The van der Waals surface area contributed by atoms with E-state index in [1.807, 2.05) is 29.6 Å². The fraction of sp³-hybridized carbons (Fsp3) is 0.0588. The predicted octanol–water partition coefficient (Wildman–Crippen LogP) is 3.80. The van der Waals surface area contributed by atoms with E-state index in [0.29, 0.717) is 5.56 Å². The van der Waals surface area contributed by atoms with Gasteiger partial charge in [-0.05, 0) is 18.2 Å². The lowest BCUT2D eigenvalue weighted by Gasteiger charge is -2.06. The average molecular weight is 404 g/mol. The van der Waals surface area contributed by atoms with Gasteiger partial charge in [0.1, 0.15) is 11.5 Å². The Morgan fingerprint density at radius 3 is 2.67 bits per heavy atom. The molecule has 122 valence electrons. The maximum atomic E-state index is 9.89. The molecule has 0 amide bonds. The van der Waals surface area contributed by atoms with Gasteiger partial charge in [-0.25, -0.2) is 4.68 Å². The van der Waals surface area contributed by atoms with Crippen LogP contribution in [-0.4, -0.2) is 28.2 Å². The Bertz CT molecular complexity index is 976. The molecule has 0 bridgehead atoms. The summed E-state index contributed by atoms with van der Waals surface area (Å²) < 4.78 is 2.68. The molecular weight excluding hydrogens is 390 g/mol. The largest absolute Gasteiger partial charge is 0.508 e. The van der Waals surface area contributed by atoms with E-state index in [2.05, 4.69) is 26.0 Å². The Kier molecular flexibility index (Phi) is 4.82. The van der Waals surface area contributed by atoms with E-state index < -0.39 is 0 Å². The zero-order chi connectivity index (χ0) is 17.1. The first kappa shape index (κ1) is 16.5. The number of phenols is 2. The van der Waals surface area contributed by atoms with Crippen molar-refractivity contribution in [1.29, 1.82) is 0 Å². The summed E-state index contributed by atoms with van der Waals surface area (Å²) in [6, 6.07) is 12.2. The summed E-state index contributed by atoms with van der Waals surface area (Å²) in [6.45, 7) is 0. The van der Waals surface area contributed by atoms with Crippen LogP contribution in [0.2, 0.25) is 0 Å². The third-order valence-electron chi connectivity index (χ3n) is 3.35. The van der Waals surface area contributed by atoms with Crippen LogP contribution in [0, 0.1) is 0 Å². The Labute approximate surface area is 151 Å². The summed E-state index contributed by atoms with van der Waals surface area (Å²) in [7, 11) is 1.71. The highest BCUT2D eigenvalue weighted by Gasteiger charge is 2.10. The monoisotopic (exact) mass is 403 g/mol. The zero-order valence-electron chi connectivity index (χ0n) is 12.7. The minimum absolute atomic E-state index is 0.00555. The number of rotatable bonds is 3. The number of halogens is 1. The first-order chi connectivity index (χ1) is 11.6. The van der Waals surface area contributed by atoms with Crippen molar-refractivity contribution in [3.8, 4) is 22.8 Å². The van der Waals surface area contributed by atoms with Crippen LogP contribution in [0.3, 0.4) is 0 Å². The highest BCUT2D eigenvalue weighted by atomic mass is 79.9. The van der Waals surface area contributed by atoms with Crippen molar-refractivity contribution in [3.63, 3.8) is 0 Å². The van der Waals surface area contributed by atoms with Gasteiger partial charge in [-0.2, -0.15) is 5.10 Å². The van der Waals surface area contributed by atoms with Crippen LogP contribution in [-0.2, 0) is 0 Å². The number of aromatic hydroxyl groups is 2. The molecule has 2 N–H and O–H groups in total. The fourth-order valence-corrected chi connectivity index (χ4v) is 3.46. The number of phenolic OH excluding ortho intramolecular Hbond substituents is 2. The van der Waals surface area contributed by atoms with Crippen LogP contribution in [0.15, 0.2) is 62.4 Å². The third kappa shape index (κ3) is 3.27. The summed E-state index contributed by atoms with van der Waals surface area (Å²) in [5.74, 6) is -0.0296. The smallest absolute Gasteiger partial charge is 0.205 e. The Morgan fingerprint density at radius 1 is 1.17 bits per heavy atom. The molecule has 5 nitrogen and oxygen atoms in total. The third-order valence-corrected chi connectivity index (χ3v) is 4.95. The predicted molar refractivity (Wildman–Crippen MR) is 99.7 cm³/mol. The summed E-state index contributed by atoms with van der Waals surface area (Å²) in [5, 5.41) is 25.7. The summed E-state index contributed by atoms with van der Waals surface area (Å²) in [4.78, 5) is 4.98. The van der Waals surface area contributed by atoms with Gasteiger partial charge in [0.05, 0.1) is 11.9 Å². The van der Waals surface area contributed by atoms with E-state index in [1.165, 1.54) is 29.7 Å². The normalized spacial score (nSPS) is 12.2. The lowest BCUT2D eigenvalue weighted by molar-refractivity contribution is 0.450. The van der Waals surface area contributed by atoms with Gasteiger partial charge >= 0.3 is 0 Å². The van der Waals surface area contributed by atoms with Crippen LogP contribution in [0.25, 0.3) is 11.3 Å². The van der Waals surface area contributed by atoms with E-state index in [-0.39, 0.29) is 11.5 Å². The maximum absolute atomic E-state index is 9.89. The SMILES string of the molecule is CN=c1scc(-c2ccccc2Br)n1/N=C/c1ccc(O)cc1O. The van der Waals surface area contributed by atoms with Gasteiger partial charge in [0.15, 0.2) is 0 Å².